The van der Waals surface area contributed by atoms with Crippen molar-refractivity contribution in [2.24, 2.45) is 18.7 Å². The number of hydrogen-bond acceptors (Lipinski definition) is 3. The first-order valence-corrected chi connectivity index (χ1v) is 6.01. The van der Waals surface area contributed by atoms with E-state index in [0.29, 0.717) is 6.54 Å². The van der Waals surface area contributed by atoms with Crippen molar-refractivity contribution in [1.82, 2.24) is 15.1 Å². The highest BCUT2D eigenvalue weighted by atomic mass is 35.5. The summed E-state index contributed by atoms with van der Waals surface area (Å²) in [4.78, 5) is 11.6. The fourth-order valence-corrected chi connectivity index (χ4v) is 1.50. The lowest BCUT2D eigenvalue weighted by atomic mass is 10.0. The first-order valence-electron chi connectivity index (χ1n) is 6.01. The summed E-state index contributed by atoms with van der Waals surface area (Å²) in [5.41, 5.74) is 6.86. The van der Waals surface area contributed by atoms with Gasteiger partial charge in [-0.05, 0) is 25.3 Å². The van der Waals surface area contributed by atoms with Crippen LogP contribution in [0.2, 0.25) is 0 Å². The Balaban J connectivity index is 0.00000289. The van der Waals surface area contributed by atoms with Gasteiger partial charge in [-0.15, -0.1) is 12.4 Å². The minimum atomic E-state index is -0.131. The van der Waals surface area contributed by atoms with Crippen molar-refractivity contribution in [3.8, 4) is 0 Å². The maximum atomic E-state index is 11.6. The third-order valence-corrected chi connectivity index (χ3v) is 2.90. The monoisotopic (exact) mass is 274 g/mol. The van der Waals surface area contributed by atoms with Gasteiger partial charge in [0.2, 0.25) is 5.91 Å². The fraction of sp³-hybridized carbons (Fsp3) is 0.667. The lowest BCUT2D eigenvalue weighted by molar-refractivity contribution is -0.124. The average molecular weight is 275 g/mol. The number of carbonyl (C=O) groups is 1. The standard InChI is InChI=1S/C12H22N4O.ClH/c1-9(10(2)13)12(17)14-6-4-5-11-7-15-16(3)8-11;/h7-10H,4-6,13H2,1-3H3,(H,14,17);1H. The zero-order valence-electron chi connectivity index (χ0n) is 11.2. The smallest absolute Gasteiger partial charge is 0.224 e. The van der Waals surface area contributed by atoms with E-state index in [0.717, 1.165) is 12.8 Å². The summed E-state index contributed by atoms with van der Waals surface area (Å²) in [6.07, 6.45) is 5.70. The molecule has 0 aliphatic heterocycles. The molecule has 0 radical (unpaired) electrons. The Morgan fingerprint density at radius 3 is 2.72 bits per heavy atom. The number of nitrogens with one attached hydrogen (secondary N) is 1. The number of aromatic nitrogens is 2. The molecule has 0 aliphatic carbocycles. The third kappa shape index (κ3) is 5.51. The van der Waals surface area contributed by atoms with E-state index < -0.39 is 0 Å². The highest BCUT2D eigenvalue weighted by molar-refractivity contribution is 5.85. The molecule has 2 atom stereocenters. The van der Waals surface area contributed by atoms with Crippen molar-refractivity contribution in [1.29, 1.82) is 0 Å². The van der Waals surface area contributed by atoms with Crippen LogP contribution in [-0.4, -0.2) is 28.3 Å². The van der Waals surface area contributed by atoms with Crippen LogP contribution in [0.4, 0.5) is 0 Å². The molecule has 1 aromatic heterocycles. The van der Waals surface area contributed by atoms with E-state index in [1.807, 2.05) is 33.3 Å². The molecule has 0 bridgehead atoms. The quantitative estimate of drug-likeness (QED) is 0.756. The van der Waals surface area contributed by atoms with Gasteiger partial charge >= 0.3 is 0 Å². The summed E-state index contributed by atoms with van der Waals surface area (Å²) in [6.45, 7) is 4.38. The van der Waals surface area contributed by atoms with Gasteiger partial charge in [-0.1, -0.05) is 6.92 Å². The molecule has 1 rings (SSSR count). The Hall–Kier alpha value is -1.07. The lowest BCUT2D eigenvalue weighted by Crippen LogP contribution is -2.39. The van der Waals surface area contributed by atoms with Crippen LogP contribution < -0.4 is 11.1 Å². The van der Waals surface area contributed by atoms with Crippen molar-refractivity contribution in [3.63, 3.8) is 0 Å². The third-order valence-electron chi connectivity index (χ3n) is 2.90. The minimum absolute atomic E-state index is 0. The number of amides is 1. The molecular formula is C12H23ClN4O. The predicted octanol–water partition coefficient (Wildman–Crippen LogP) is 0.874. The molecule has 6 heteroatoms. The molecule has 0 saturated carbocycles. The summed E-state index contributed by atoms with van der Waals surface area (Å²) < 4.78 is 1.78. The molecule has 3 N–H and O–H groups in total. The normalized spacial score (nSPS) is 13.6. The number of hydrogen-bond donors (Lipinski definition) is 2. The lowest BCUT2D eigenvalue weighted by Gasteiger charge is -2.15. The van der Waals surface area contributed by atoms with E-state index in [1.54, 1.807) is 4.68 Å². The molecule has 0 aliphatic rings. The van der Waals surface area contributed by atoms with E-state index >= 15 is 0 Å². The van der Waals surface area contributed by atoms with Gasteiger partial charge < -0.3 is 11.1 Å². The molecule has 0 spiro atoms. The van der Waals surface area contributed by atoms with E-state index in [4.69, 9.17) is 5.73 Å². The first kappa shape index (κ1) is 16.9. The molecule has 5 nitrogen and oxygen atoms in total. The number of nitrogens with zero attached hydrogens (tertiary/aromatic N) is 2. The number of halogens is 1. The number of carbonyl (C=O) groups excluding carboxylic acids is 1. The minimum Gasteiger partial charge on any atom is -0.356 e. The molecular weight excluding hydrogens is 252 g/mol. The second-order valence-electron chi connectivity index (χ2n) is 4.56. The van der Waals surface area contributed by atoms with Gasteiger partial charge in [-0.3, -0.25) is 9.48 Å². The maximum Gasteiger partial charge on any atom is 0.224 e. The second kappa shape index (κ2) is 8.11. The molecule has 0 aromatic carbocycles. The van der Waals surface area contributed by atoms with E-state index in [2.05, 4.69) is 10.4 Å². The van der Waals surface area contributed by atoms with Crippen molar-refractivity contribution in [2.75, 3.05) is 6.54 Å². The Kier molecular flexibility index (Phi) is 7.62. The zero-order valence-corrected chi connectivity index (χ0v) is 12.0. The van der Waals surface area contributed by atoms with Crippen LogP contribution in [0.3, 0.4) is 0 Å². The second-order valence-corrected chi connectivity index (χ2v) is 4.56. The van der Waals surface area contributed by atoms with Crippen LogP contribution in [0.1, 0.15) is 25.8 Å². The van der Waals surface area contributed by atoms with Gasteiger partial charge in [0.05, 0.1) is 6.20 Å². The molecule has 18 heavy (non-hydrogen) atoms. The van der Waals surface area contributed by atoms with Gasteiger partial charge in [-0.2, -0.15) is 5.10 Å². The summed E-state index contributed by atoms with van der Waals surface area (Å²) in [7, 11) is 1.90. The van der Waals surface area contributed by atoms with E-state index in [1.165, 1.54) is 5.56 Å². The summed E-state index contributed by atoms with van der Waals surface area (Å²) >= 11 is 0. The Labute approximate surface area is 115 Å². The topological polar surface area (TPSA) is 72.9 Å². The van der Waals surface area contributed by atoms with Crippen molar-refractivity contribution >= 4 is 18.3 Å². The van der Waals surface area contributed by atoms with Crippen LogP contribution in [0.25, 0.3) is 0 Å². The first-order chi connectivity index (χ1) is 8.00. The van der Waals surface area contributed by atoms with Gasteiger partial charge in [0.25, 0.3) is 0 Å². The average Bonchev–Trinajstić information content (AvgIpc) is 2.69. The molecule has 1 aromatic rings. The Morgan fingerprint density at radius 2 is 2.22 bits per heavy atom. The number of aryl methyl sites for hydroxylation is 2. The van der Waals surface area contributed by atoms with Gasteiger partial charge in [0, 0.05) is 31.7 Å². The zero-order chi connectivity index (χ0) is 12.8. The molecule has 1 amide bonds. The fourth-order valence-electron chi connectivity index (χ4n) is 1.50. The Morgan fingerprint density at radius 1 is 1.56 bits per heavy atom. The van der Waals surface area contributed by atoms with Crippen LogP contribution in [-0.2, 0) is 18.3 Å². The van der Waals surface area contributed by atoms with Crippen LogP contribution >= 0.6 is 12.4 Å². The number of nitrogens with two attached hydrogens (primary N) is 1. The molecule has 0 saturated heterocycles. The Bertz CT molecular complexity index is 365. The summed E-state index contributed by atoms with van der Waals surface area (Å²) in [5.74, 6) is -0.0976. The van der Waals surface area contributed by atoms with Crippen LogP contribution in [0.15, 0.2) is 12.4 Å². The van der Waals surface area contributed by atoms with Gasteiger partial charge in [0.15, 0.2) is 0 Å². The summed E-state index contributed by atoms with van der Waals surface area (Å²) in [5, 5.41) is 6.99. The van der Waals surface area contributed by atoms with Crippen molar-refractivity contribution < 1.29 is 4.79 Å². The summed E-state index contributed by atoms with van der Waals surface area (Å²) in [6, 6.07) is -0.103. The van der Waals surface area contributed by atoms with Gasteiger partial charge in [0.1, 0.15) is 0 Å². The maximum absolute atomic E-state index is 11.6. The van der Waals surface area contributed by atoms with Crippen LogP contribution in [0, 0.1) is 5.92 Å². The van der Waals surface area contributed by atoms with Crippen molar-refractivity contribution in [2.45, 2.75) is 32.7 Å². The van der Waals surface area contributed by atoms with E-state index in [-0.39, 0.29) is 30.3 Å². The van der Waals surface area contributed by atoms with E-state index in [9.17, 15) is 4.79 Å². The molecule has 1 heterocycles. The molecule has 2 unspecified atom stereocenters. The van der Waals surface area contributed by atoms with Crippen molar-refractivity contribution in [3.05, 3.63) is 18.0 Å². The highest BCUT2D eigenvalue weighted by Crippen LogP contribution is 2.01. The molecule has 0 fully saturated rings. The largest absolute Gasteiger partial charge is 0.356 e. The van der Waals surface area contributed by atoms with Gasteiger partial charge in [-0.25, -0.2) is 0 Å². The SMILES string of the molecule is CC(N)C(C)C(=O)NCCCc1cnn(C)c1.Cl. The van der Waals surface area contributed by atoms with Crippen LogP contribution in [0.5, 0.6) is 0 Å². The number of rotatable bonds is 6. The predicted molar refractivity (Wildman–Crippen MR) is 74.6 cm³/mol. The highest BCUT2D eigenvalue weighted by Gasteiger charge is 2.15. The molecule has 104 valence electrons.